The number of carbonyl (C=O) groups is 1. The zero-order valence-electron chi connectivity index (χ0n) is 14.0. The van der Waals surface area contributed by atoms with Crippen LogP contribution in [0.4, 0.5) is 11.4 Å². The quantitative estimate of drug-likeness (QED) is 0.557. The van der Waals surface area contributed by atoms with Gasteiger partial charge in [-0.1, -0.05) is 45.9 Å². The minimum Gasteiger partial charge on any atom is -0.435 e. The first kappa shape index (κ1) is 16.5. The van der Waals surface area contributed by atoms with Gasteiger partial charge in [0, 0.05) is 15.7 Å². The molecule has 1 spiro atoms. The Bertz CT molecular complexity index is 1110. The van der Waals surface area contributed by atoms with Crippen molar-refractivity contribution in [2.24, 2.45) is 0 Å². The molecule has 134 valence electrons. The number of para-hydroxylation sites is 1. The van der Waals surface area contributed by atoms with Gasteiger partial charge in [-0.15, -0.1) is 10.2 Å². The molecule has 9 heteroatoms. The number of ether oxygens (including phenoxy) is 1. The van der Waals surface area contributed by atoms with E-state index in [9.17, 15) is 4.79 Å². The van der Waals surface area contributed by atoms with E-state index in [4.69, 9.17) is 4.74 Å². The first-order valence-corrected chi connectivity index (χ1v) is 10.1. The van der Waals surface area contributed by atoms with Gasteiger partial charge >= 0.3 is 0 Å². The Kier molecular flexibility index (Phi) is 3.63. The van der Waals surface area contributed by atoms with E-state index in [1.807, 2.05) is 48.7 Å². The highest BCUT2D eigenvalue weighted by Gasteiger charge is 2.52. The number of nitrogens with one attached hydrogen (secondary N) is 2. The van der Waals surface area contributed by atoms with Gasteiger partial charge < -0.3 is 15.4 Å². The molecule has 3 heterocycles. The van der Waals surface area contributed by atoms with Crippen molar-refractivity contribution in [2.75, 3.05) is 16.9 Å². The number of fused-ring (bicyclic) bond motifs is 5. The van der Waals surface area contributed by atoms with Crippen LogP contribution in [0.1, 0.15) is 5.56 Å². The highest BCUT2D eigenvalue weighted by Crippen LogP contribution is 2.46. The summed E-state index contributed by atoms with van der Waals surface area (Å²) < 4.78 is 7.09. The van der Waals surface area contributed by atoms with Gasteiger partial charge in [0.15, 0.2) is 5.69 Å². The van der Waals surface area contributed by atoms with Crippen molar-refractivity contribution in [1.82, 2.24) is 15.2 Å². The van der Waals surface area contributed by atoms with Crippen molar-refractivity contribution < 1.29 is 9.53 Å². The van der Waals surface area contributed by atoms with E-state index >= 15 is 0 Å². The van der Waals surface area contributed by atoms with Crippen LogP contribution in [0, 0.1) is 0 Å². The summed E-state index contributed by atoms with van der Waals surface area (Å²) in [4.78, 5) is 17.5. The van der Waals surface area contributed by atoms with E-state index in [1.165, 1.54) is 11.8 Å². The smallest absolute Gasteiger partial charge is 0.295 e. The fraction of sp³-hybridized carbons (Fsp3) is 0.111. The molecule has 3 aromatic rings. The normalized spacial score (nSPS) is 19.3. The number of anilines is 2. The third-order valence-corrected chi connectivity index (χ3v) is 5.52. The molecule has 1 atom stereocenters. The van der Waals surface area contributed by atoms with Gasteiger partial charge in [0.1, 0.15) is 0 Å². The largest absolute Gasteiger partial charge is 0.435 e. The molecular formula is C18H12BrN5O2S. The van der Waals surface area contributed by atoms with Crippen LogP contribution in [-0.4, -0.2) is 27.3 Å². The standard InChI is InChI=1S/C18H12BrN5O2S/c1-27-17-21-15-14(23-24-17)10-4-2-3-5-12(10)22-18(26-15)11-8-9(19)6-7-13(11)20-16(18)25/h2-8,22H,1H3,(H,20,25). The Hall–Kier alpha value is -2.65. The van der Waals surface area contributed by atoms with Gasteiger partial charge in [-0.2, -0.15) is 4.98 Å². The summed E-state index contributed by atoms with van der Waals surface area (Å²) in [5.41, 5.74) is 1.88. The van der Waals surface area contributed by atoms with E-state index in [-0.39, 0.29) is 11.8 Å². The van der Waals surface area contributed by atoms with Crippen molar-refractivity contribution in [3.63, 3.8) is 0 Å². The van der Waals surface area contributed by atoms with Crippen LogP contribution in [0.2, 0.25) is 0 Å². The SMILES string of the molecule is CSc1nnc2c(n1)OC1(Nc3ccccc3-2)C(=O)Nc2ccc(Br)cc21. The number of amides is 1. The molecule has 2 aliphatic heterocycles. The number of hydrogen-bond donors (Lipinski definition) is 2. The molecule has 2 N–H and O–H groups in total. The molecule has 5 rings (SSSR count). The van der Waals surface area contributed by atoms with Crippen LogP contribution in [-0.2, 0) is 10.5 Å². The van der Waals surface area contributed by atoms with Gasteiger partial charge in [0.2, 0.25) is 11.0 Å². The lowest BCUT2D eigenvalue weighted by atomic mass is 10.0. The van der Waals surface area contributed by atoms with Crippen LogP contribution in [0.25, 0.3) is 11.3 Å². The minimum atomic E-state index is -1.45. The zero-order chi connectivity index (χ0) is 18.6. The lowest BCUT2D eigenvalue weighted by molar-refractivity contribution is -0.128. The van der Waals surface area contributed by atoms with Crippen LogP contribution in [0.3, 0.4) is 0 Å². The summed E-state index contributed by atoms with van der Waals surface area (Å²) in [7, 11) is 0. The van der Waals surface area contributed by atoms with Gasteiger partial charge in [-0.05, 0) is 30.5 Å². The summed E-state index contributed by atoms with van der Waals surface area (Å²) >= 11 is 4.83. The summed E-state index contributed by atoms with van der Waals surface area (Å²) in [6.45, 7) is 0. The highest BCUT2D eigenvalue weighted by atomic mass is 79.9. The van der Waals surface area contributed by atoms with Crippen LogP contribution in [0.5, 0.6) is 5.88 Å². The number of halogens is 1. The molecular weight excluding hydrogens is 430 g/mol. The third-order valence-electron chi connectivity index (χ3n) is 4.49. The first-order valence-electron chi connectivity index (χ1n) is 8.07. The van der Waals surface area contributed by atoms with Crippen molar-refractivity contribution in [3.8, 4) is 17.1 Å². The van der Waals surface area contributed by atoms with Crippen molar-refractivity contribution in [3.05, 3.63) is 52.5 Å². The molecule has 2 aromatic carbocycles. The first-order chi connectivity index (χ1) is 13.1. The molecule has 1 unspecified atom stereocenters. The van der Waals surface area contributed by atoms with Crippen LogP contribution < -0.4 is 15.4 Å². The minimum absolute atomic E-state index is 0.259. The Labute approximate surface area is 167 Å². The maximum absolute atomic E-state index is 13.1. The topological polar surface area (TPSA) is 89.0 Å². The zero-order valence-corrected chi connectivity index (χ0v) is 16.4. The molecule has 0 radical (unpaired) electrons. The second-order valence-corrected chi connectivity index (χ2v) is 7.74. The molecule has 0 bridgehead atoms. The molecule has 2 aliphatic rings. The summed E-state index contributed by atoms with van der Waals surface area (Å²) in [5, 5.41) is 15.1. The Morgan fingerprint density at radius 2 is 2.00 bits per heavy atom. The van der Waals surface area contributed by atoms with E-state index in [2.05, 4.69) is 41.7 Å². The van der Waals surface area contributed by atoms with Gasteiger partial charge in [-0.3, -0.25) is 4.79 Å². The van der Waals surface area contributed by atoms with E-state index < -0.39 is 5.72 Å². The monoisotopic (exact) mass is 441 g/mol. The number of rotatable bonds is 1. The number of nitrogens with zero attached hydrogens (tertiary/aromatic N) is 3. The number of hydrogen-bond acceptors (Lipinski definition) is 7. The number of carbonyl (C=O) groups excluding carboxylic acids is 1. The second-order valence-electron chi connectivity index (χ2n) is 6.05. The maximum Gasteiger partial charge on any atom is 0.295 e. The van der Waals surface area contributed by atoms with Gasteiger partial charge in [0.05, 0.1) is 11.3 Å². The number of thioether (sulfide) groups is 1. The molecule has 27 heavy (non-hydrogen) atoms. The average Bonchev–Trinajstić information content (AvgIpc) is 2.85. The molecule has 0 aliphatic carbocycles. The highest BCUT2D eigenvalue weighted by molar-refractivity contribution is 9.10. The molecule has 1 amide bonds. The lowest BCUT2D eigenvalue weighted by Crippen LogP contribution is -2.47. The van der Waals surface area contributed by atoms with E-state index in [1.54, 1.807) is 0 Å². The van der Waals surface area contributed by atoms with E-state index in [0.29, 0.717) is 27.8 Å². The molecule has 0 saturated carbocycles. The second kappa shape index (κ2) is 5.93. The number of benzene rings is 2. The van der Waals surface area contributed by atoms with E-state index in [0.717, 1.165) is 10.0 Å². The summed E-state index contributed by atoms with van der Waals surface area (Å²) in [6.07, 6.45) is 1.86. The summed E-state index contributed by atoms with van der Waals surface area (Å²) in [5.74, 6) is -0.0580. The maximum atomic E-state index is 13.1. The van der Waals surface area contributed by atoms with Crippen LogP contribution in [0.15, 0.2) is 52.1 Å². The molecule has 0 saturated heterocycles. The van der Waals surface area contributed by atoms with Crippen molar-refractivity contribution in [2.45, 2.75) is 10.9 Å². The van der Waals surface area contributed by atoms with Crippen LogP contribution >= 0.6 is 27.7 Å². The van der Waals surface area contributed by atoms with Crippen molar-refractivity contribution in [1.29, 1.82) is 0 Å². The fourth-order valence-corrected chi connectivity index (χ4v) is 3.92. The van der Waals surface area contributed by atoms with Crippen molar-refractivity contribution >= 4 is 45.0 Å². The Morgan fingerprint density at radius 3 is 2.85 bits per heavy atom. The predicted molar refractivity (Wildman–Crippen MR) is 106 cm³/mol. The Morgan fingerprint density at radius 1 is 1.15 bits per heavy atom. The average molecular weight is 442 g/mol. The molecule has 7 nitrogen and oxygen atoms in total. The fourth-order valence-electron chi connectivity index (χ4n) is 3.26. The van der Waals surface area contributed by atoms with Gasteiger partial charge in [0.25, 0.3) is 11.6 Å². The molecule has 1 aromatic heterocycles. The lowest BCUT2D eigenvalue weighted by Gasteiger charge is -2.28. The molecule has 0 fully saturated rings. The summed E-state index contributed by atoms with van der Waals surface area (Å²) in [6, 6.07) is 13.1. The predicted octanol–water partition coefficient (Wildman–Crippen LogP) is 3.63. The van der Waals surface area contributed by atoms with Gasteiger partial charge in [-0.25, -0.2) is 0 Å². The third kappa shape index (κ3) is 2.42. The number of aromatic nitrogens is 3. The Balaban J connectivity index is 1.80.